The van der Waals surface area contributed by atoms with Crippen LogP contribution < -0.4 is 5.32 Å². The van der Waals surface area contributed by atoms with Gasteiger partial charge in [0.1, 0.15) is 0 Å². The lowest BCUT2D eigenvalue weighted by Gasteiger charge is -2.34. The molecule has 2 amide bonds. The second-order valence-electron chi connectivity index (χ2n) is 4.51. The quantitative estimate of drug-likeness (QED) is 0.482. The van der Waals surface area contributed by atoms with Crippen LogP contribution in [-0.4, -0.2) is 35.8 Å². The van der Waals surface area contributed by atoms with Crippen molar-refractivity contribution >= 4 is 11.8 Å². The lowest BCUT2D eigenvalue weighted by molar-refractivity contribution is -0.143. The normalized spacial score (nSPS) is 35.6. The number of nitrogens with zero attached hydrogens (tertiary/aromatic N) is 1. The minimum atomic E-state index is -0.0666. The molecule has 1 N–H and O–H groups in total. The number of fused-ring (bicyclic) bond motifs is 1. The molecule has 0 bridgehead atoms. The van der Waals surface area contributed by atoms with E-state index in [0.717, 1.165) is 25.9 Å². The Balaban J connectivity index is 1.87. The molecule has 2 heterocycles. The Kier molecular flexibility index (Phi) is 1.92. The van der Waals surface area contributed by atoms with E-state index in [1.807, 2.05) is 12.2 Å². The Morgan fingerprint density at radius 3 is 2.00 bits per heavy atom. The molecular formula is C11H14N2O2. The summed E-state index contributed by atoms with van der Waals surface area (Å²) in [6.45, 7) is 1.54. The molecule has 0 aromatic rings. The van der Waals surface area contributed by atoms with Gasteiger partial charge < -0.3 is 5.32 Å². The molecule has 0 spiro atoms. The summed E-state index contributed by atoms with van der Waals surface area (Å²) in [6.07, 6.45) is 5.53. The molecule has 4 nitrogen and oxygen atoms in total. The fourth-order valence-corrected chi connectivity index (χ4v) is 2.64. The highest BCUT2D eigenvalue weighted by atomic mass is 16.2. The van der Waals surface area contributed by atoms with Gasteiger partial charge >= 0.3 is 0 Å². The first-order chi connectivity index (χ1) is 7.29. The van der Waals surface area contributed by atoms with Crippen molar-refractivity contribution in [3.05, 3.63) is 12.2 Å². The van der Waals surface area contributed by atoms with E-state index < -0.39 is 0 Å². The molecule has 0 aromatic carbocycles. The van der Waals surface area contributed by atoms with Gasteiger partial charge in [0.2, 0.25) is 11.8 Å². The summed E-state index contributed by atoms with van der Waals surface area (Å²) < 4.78 is 0. The summed E-state index contributed by atoms with van der Waals surface area (Å²) in [7, 11) is 0. The van der Waals surface area contributed by atoms with E-state index in [9.17, 15) is 9.59 Å². The molecule has 3 rings (SSSR count). The van der Waals surface area contributed by atoms with Gasteiger partial charge in [0.05, 0.1) is 17.9 Å². The van der Waals surface area contributed by atoms with Crippen LogP contribution in [0, 0.1) is 11.8 Å². The molecule has 2 saturated heterocycles. The summed E-state index contributed by atoms with van der Waals surface area (Å²) in [4.78, 5) is 25.6. The Bertz CT molecular complexity index is 320. The number of carbonyl (C=O) groups is 2. The number of allylic oxidation sites excluding steroid dienone is 2. The molecule has 0 radical (unpaired) electrons. The monoisotopic (exact) mass is 206 g/mol. The van der Waals surface area contributed by atoms with E-state index in [1.165, 1.54) is 4.90 Å². The van der Waals surface area contributed by atoms with E-state index in [4.69, 9.17) is 0 Å². The maximum atomic E-state index is 12.0. The summed E-state index contributed by atoms with van der Waals surface area (Å²) >= 11 is 0. The molecule has 1 aliphatic carbocycles. The minimum Gasteiger partial charge on any atom is -0.313 e. The second kappa shape index (κ2) is 3.17. The summed E-state index contributed by atoms with van der Waals surface area (Å²) in [5, 5.41) is 3.10. The predicted octanol–water partition coefficient (Wildman–Crippen LogP) is -0.0906. The Hall–Kier alpha value is -1.16. The van der Waals surface area contributed by atoms with Gasteiger partial charge in [0.15, 0.2) is 0 Å². The van der Waals surface area contributed by atoms with Gasteiger partial charge in [-0.25, -0.2) is 0 Å². The molecule has 0 aromatic heterocycles. The molecule has 15 heavy (non-hydrogen) atoms. The van der Waals surface area contributed by atoms with Crippen molar-refractivity contribution in [1.29, 1.82) is 0 Å². The predicted molar refractivity (Wildman–Crippen MR) is 53.9 cm³/mol. The molecule has 0 unspecified atom stereocenters. The Labute approximate surface area is 88.3 Å². The van der Waals surface area contributed by atoms with Crippen LogP contribution in [0.4, 0.5) is 0 Å². The summed E-state index contributed by atoms with van der Waals surface area (Å²) in [5.41, 5.74) is 0. The average Bonchev–Trinajstić information content (AvgIpc) is 2.42. The molecule has 2 aliphatic heterocycles. The molecule has 0 saturated carbocycles. The topological polar surface area (TPSA) is 49.4 Å². The Morgan fingerprint density at radius 1 is 1.07 bits per heavy atom. The van der Waals surface area contributed by atoms with Crippen molar-refractivity contribution in [2.45, 2.75) is 18.9 Å². The number of nitrogens with one attached hydrogen (secondary N) is 1. The molecule has 4 heteroatoms. The molecular weight excluding hydrogens is 192 g/mol. The maximum Gasteiger partial charge on any atom is 0.233 e. The van der Waals surface area contributed by atoms with Crippen LogP contribution in [0.1, 0.15) is 12.8 Å². The van der Waals surface area contributed by atoms with E-state index in [0.29, 0.717) is 0 Å². The fourth-order valence-electron chi connectivity index (χ4n) is 2.64. The lowest BCUT2D eigenvalue weighted by atomic mass is 9.85. The highest BCUT2D eigenvalue weighted by Crippen LogP contribution is 2.36. The zero-order chi connectivity index (χ0) is 10.4. The van der Waals surface area contributed by atoms with Gasteiger partial charge in [-0.3, -0.25) is 14.5 Å². The number of imide groups is 1. The van der Waals surface area contributed by atoms with Crippen molar-refractivity contribution < 1.29 is 9.59 Å². The molecule has 3 aliphatic rings. The van der Waals surface area contributed by atoms with Crippen molar-refractivity contribution in [1.82, 2.24) is 10.2 Å². The lowest BCUT2D eigenvalue weighted by Crippen LogP contribution is -2.59. The highest BCUT2D eigenvalue weighted by molar-refractivity contribution is 6.05. The number of rotatable bonds is 1. The van der Waals surface area contributed by atoms with E-state index in [2.05, 4.69) is 5.32 Å². The van der Waals surface area contributed by atoms with Gasteiger partial charge in [0.25, 0.3) is 0 Å². The molecule has 2 atom stereocenters. The first-order valence-electron chi connectivity index (χ1n) is 5.51. The van der Waals surface area contributed by atoms with E-state index in [-0.39, 0.29) is 29.7 Å². The zero-order valence-electron chi connectivity index (χ0n) is 8.48. The summed E-state index contributed by atoms with van der Waals surface area (Å²) in [5.74, 6) is -0.0205. The third-order valence-electron chi connectivity index (χ3n) is 3.67. The minimum absolute atomic E-state index is 0.0563. The standard InChI is InChI=1S/C11H14N2O2/c14-10-8-3-1-2-4-9(8)11(15)13(10)7-5-12-6-7/h1-2,7-9,12H,3-6H2/t8-,9-/m1/s1. The number of hydrogen-bond donors (Lipinski definition) is 1. The largest absolute Gasteiger partial charge is 0.313 e. The van der Waals surface area contributed by atoms with Crippen LogP contribution in [0.5, 0.6) is 0 Å². The third kappa shape index (κ3) is 1.17. The average molecular weight is 206 g/mol. The number of amides is 2. The van der Waals surface area contributed by atoms with E-state index >= 15 is 0 Å². The number of hydrogen-bond acceptors (Lipinski definition) is 3. The van der Waals surface area contributed by atoms with Gasteiger partial charge in [0, 0.05) is 13.1 Å². The van der Waals surface area contributed by atoms with Crippen molar-refractivity contribution in [3.8, 4) is 0 Å². The Morgan fingerprint density at radius 2 is 1.60 bits per heavy atom. The van der Waals surface area contributed by atoms with Gasteiger partial charge in [-0.05, 0) is 12.8 Å². The highest BCUT2D eigenvalue weighted by Gasteiger charge is 2.50. The van der Waals surface area contributed by atoms with Crippen LogP contribution in [0.15, 0.2) is 12.2 Å². The van der Waals surface area contributed by atoms with Gasteiger partial charge in [-0.2, -0.15) is 0 Å². The van der Waals surface area contributed by atoms with Crippen LogP contribution >= 0.6 is 0 Å². The fraction of sp³-hybridized carbons (Fsp3) is 0.636. The zero-order valence-corrected chi connectivity index (χ0v) is 8.48. The van der Waals surface area contributed by atoms with E-state index in [1.54, 1.807) is 0 Å². The molecule has 2 fully saturated rings. The second-order valence-corrected chi connectivity index (χ2v) is 4.51. The maximum absolute atomic E-state index is 12.0. The van der Waals surface area contributed by atoms with Crippen LogP contribution in [0.3, 0.4) is 0 Å². The number of carbonyl (C=O) groups excluding carboxylic acids is 2. The molecule has 80 valence electrons. The van der Waals surface area contributed by atoms with Gasteiger partial charge in [-0.1, -0.05) is 12.2 Å². The van der Waals surface area contributed by atoms with Crippen LogP contribution in [0.25, 0.3) is 0 Å². The summed E-state index contributed by atoms with van der Waals surface area (Å²) in [6, 6.07) is 0.121. The van der Waals surface area contributed by atoms with Gasteiger partial charge in [-0.15, -0.1) is 0 Å². The number of likely N-dealkylation sites (tertiary alicyclic amines) is 1. The van der Waals surface area contributed by atoms with Crippen molar-refractivity contribution in [2.24, 2.45) is 11.8 Å². The smallest absolute Gasteiger partial charge is 0.233 e. The first kappa shape index (κ1) is 9.09. The SMILES string of the molecule is O=C1[C@@H]2CC=CC[C@H]2C(=O)N1C1CNC1. The first-order valence-corrected chi connectivity index (χ1v) is 5.51. The third-order valence-corrected chi connectivity index (χ3v) is 3.67. The van der Waals surface area contributed by atoms with Crippen LogP contribution in [-0.2, 0) is 9.59 Å². The van der Waals surface area contributed by atoms with Crippen molar-refractivity contribution in [2.75, 3.05) is 13.1 Å². The van der Waals surface area contributed by atoms with Crippen molar-refractivity contribution in [3.63, 3.8) is 0 Å². The van der Waals surface area contributed by atoms with Crippen LogP contribution in [0.2, 0.25) is 0 Å².